The molecule has 100 valence electrons. The molecule has 1 rings (SSSR count). The quantitative estimate of drug-likeness (QED) is 0.647. The molecule has 0 saturated heterocycles. The van der Waals surface area contributed by atoms with Crippen LogP contribution in [-0.2, 0) is 9.53 Å². The van der Waals surface area contributed by atoms with E-state index in [2.05, 4.69) is 10.3 Å². The van der Waals surface area contributed by atoms with E-state index in [1.807, 2.05) is 6.92 Å². The molecule has 0 bridgehead atoms. The molecule has 0 saturated carbocycles. The van der Waals surface area contributed by atoms with E-state index in [1.54, 1.807) is 13.0 Å². The Morgan fingerprint density at radius 1 is 1.44 bits per heavy atom. The summed E-state index contributed by atoms with van der Waals surface area (Å²) < 4.78 is 5.19. The highest BCUT2D eigenvalue weighted by Crippen LogP contribution is 2.16. The summed E-state index contributed by atoms with van der Waals surface area (Å²) in [5, 5.41) is 11.5. The number of H-pyrrole nitrogens is 1. The number of rotatable bonds is 7. The van der Waals surface area contributed by atoms with E-state index in [-0.39, 0.29) is 18.0 Å². The van der Waals surface area contributed by atoms with Crippen LogP contribution in [0.25, 0.3) is 0 Å². The highest BCUT2D eigenvalue weighted by molar-refractivity contribution is 5.99. The predicted octanol–water partition coefficient (Wildman–Crippen LogP) is 1.78. The van der Waals surface area contributed by atoms with Crippen LogP contribution in [0.3, 0.4) is 0 Å². The molecule has 18 heavy (non-hydrogen) atoms. The fourth-order valence-corrected chi connectivity index (χ4v) is 1.48. The predicted molar refractivity (Wildman–Crippen MR) is 66.8 cm³/mol. The summed E-state index contributed by atoms with van der Waals surface area (Å²) in [7, 11) is 0. The lowest BCUT2D eigenvalue weighted by atomic mass is 10.3. The van der Waals surface area contributed by atoms with Crippen LogP contribution in [0.2, 0.25) is 0 Å². The number of carboxylic acid groups (broad SMARTS) is 1. The second kappa shape index (κ2) is 6.80. The molecule has 0 spiro atoms. The maximum Gasteiger partial charge on any atom is 0.354 e. The normalized spacial score (nSPS) is 10.3. The summed E-state index contributed by atoms with van der Waals surface area (Å²) in [5.41, 5.74) is 0.973. The number of aromatic carboxylic acids is 1. The van der Waals surface area contributed by atoms with Crippen molar-refractivity contribution in [3.8, 4) is 0 Å². The Labute approximate surface area is 105 Å². The van der Waals surface area contributed by atoms with Gasteiger partial charge in [-0.1, -0.05) is 6.92 Å². The average molecular weight is 254 g/mol. The summed E-state index contributed by atoms with van der Waals surface area (Å²) >= 11 is 0. The van der Waals surface area contributed by atoms with Crippen molar-refractivity contribution in [3.05, 3.63) is 17.5 Å². The Bertz CT molecular complexity index is 426. The summed E-state index contributed by atoms with van der Waals surface area (Å²) in [4.78, 5) is 25.2. The molecule has 1 heterocycles. The van der Waals surface area contributed by atoms with Gasteiger partial charge in [-0.3, -0.25) is 4.79 Å². The molecule has 6 nitrogen and oxygen atoms in total. The number of hydrogen-bond acceptors (Lipinski definition) is 3. The van der Waals surface area contributed by atoms with Crippen molar-refractivity contribution in [2.75, 3.05) is 18.5 Å². The third-order valence-corrected chi connectivity index (χ3v) is 2.26. The minimum absolute atomic E-state index is 0.00433. The molecule has 0 aliphatic rings. The molecule has 1 aromatic heterocycles. The number of anilines is 1. The van der Waals surface area contributed by atoms with E-state index in [4.69, 9.17) is 9.84 Å². The highest BCUT2D eigenvalue weighted by atomic mass is 16.5. The minimum atomic E-state index is -1.10. The third kappa shape index (κ3) is 4.21. The Balaban J connectivity index is 2.51. The molecule has 0 unspecified atom stereocenters. The Kier molecular flexibility index (Phi) is 5.38. The summed E-state index contributed by atoms with van der Waals surface area (Å²) in [5.74, 6) is -1.35. The van der Waals surface area contributed by atoms with E-state index < -0.39 is 5.97 Å². The van der Waals surface area contributed by atoms with Crippen LogP contribution in [0.5, 0.6) is 0 Å². The summed E-state index contributed by atoms with van der Waals surface area (Å²) in [6, 6.07) is 1.59. The molecule has 0 fully saturated rings. The number of hydrogen-bond donors (Lipinski definition) is 3. The topological polar surface area (TPSA) is 91.4 Å². The van der Waals surface area contributed by atoms with Crippen LogP contribution in [0.4, 0.5) is 5.69 Å². The Morgan fingerprint density at radius 2 is 2.17 bits per heavy atom. The number of aromatic nitrogens is 1. The van der Waals surface area contributed by atoms with Crippen LogP contribution in [0.15, 0.2) is 6.07 Å². The molecule has 1 amide bonds. The van der Waals surface area contributed by atoms with Gasteiger partial charge in [0.1, 0.15) is 5.69 Å². The van der Waals surface area contributed by atoms with Crippen LogP contribution in [-0.4, -0.2) is 35.2 Å². The maximum absolute atomic E-state index is 11.6. The molecule has 0 aliphatic heterocycles. The van der Waals surface area contributed by atoms with Crippen molar-refractivity contribution in [1.29, 1.82) is 0 Å². The SMILES string of the molecule is CCCOCCC(=O)Nc1cc(C)[nH]c1C(=O)O. The van der Waals surface area contributed by atoms with Gasteiger partial charge in [0.2, 0.25) is 5.91 Å². The first-order chi connectivity index (χ1) is 8.54. The van der Waals surface area contributed by atoms with Gasteiger partial charge < -0.3 is 20.1 Å². The van der Waals surface area contributed by atoms with Crippen molar-refractivity contribution in [2.24, 2.45) is 0 Å². The molecule has 3 N–H and O–H groups in total. The third-order valence-electron chi connectivity index (χ3n) is 2.26. The lowest BCUT2D eigenvalue weighted by Crippen LogP contribution is -2.16. The molecule has 6 heteroatoms. The number of amides is 1. The lowest BCUT2D eigenvalue weighted by Gasteiger charge is -2.04. The van der Waals surface area contributed by atoms with Crippen molar-refractivity contribution >= 4 is 17.6 Å². The van der Waals surface area contributed by atoms with Gasteiger partial charge in [-0.15, -0.1) is 0 Å². The zero-order valence-electron chi connectivity index (χ0n) is 10.6. The Morgan fingerprint density at radius 3 is 2.78 bits per heavy atom. The van der Waals surface area contributed by atoms with Gasteiger partial charge in [0.25, 0.3) is 0 Å². The van der Waals surface area contributed by atoms with Crippen LogP contribution < -0.4 is 5.32 Å². The van der Waals surface area contributed by atoms with Gasteiger partial charge >= 0.3 is 5.97 Å². The van der Waals surface area contributed by atoms with Crippen molar-refractivity contribution in [1.82, 2.24) is 4.98 Å². The number of aryl methyl sites for hydroxylation is 1. The first-order valence-electron chi connectivity index (χ1n) is 5.85. The van der Waals surface area contributed by atoms with Gasteiger partial charge in [0, 0.05) is 12.3 Å². The molecule has 0 aromatic carbocycles. The number of aromatic amines is 1. The van der Waals surface area contributed by atoms with Gasteiger partial charge in [0.05, 0.1) is 18.7 Å². The van der Waals surface area contributed by atoms with E-state index in [9.17, 15) is 9.59 Å². The zero-order chi connectivity index (χ0) is 13.5. The first-order valence-corrected chi connectivity index (χ1v) is 5.85. The van der Waals surface area contributed by atoms with E-state index in [0.29, 0.717) is 24.6 Å². The van der Waals surface area contributed by atoms with Crippen molar-refractivity contribution < 1.29 is 19.4 Å². The van der Waals surface area contributed by atoms with Gasteiger partial charge in [-0.05, 0) is 19.4 Å². The molecule has 1 aromatic rings. The van der Waals surface area contributed by atoms with Crippen molar-refractivity contribution in [2.45, 2.75) is 26.7 Å². The molecule has 0 aliphatic carbocycles. The zero-order valence-corrected chi connectivity index (χ0v) is 10.6. The van der Waals surface area contributed by atoms with Crippen LogP contribution in [0, 0.1) is 6.92 Å². The number of carbonyl (C=O) groups is 2. The first kappa shape index (κ1) is 14.2. The van der Waals surface area contributed by atoms with E-state index in [1.165, 1.54) is 0 Å². The molecule has 0 radical (unpaired) electrons. The molecule has 0 atom stereocenters. The molecular weight excluding hydrogens is 236 g/mol. The van der Waals surface area contributed by atoms with Crippen LogP contribution in [0.1, 0.15) is 35.9 Å². The lowest BCUT2D eigenvalue weighted by molar-refractivity contribution is -0.117. The summed E-state index contributed by atoms with van der Waals surface area (Å²) in [6.07, 6.45) is 1.12. The summed E-state index contributed by atoms with van der Waals surface area (Å²) in [6.45, 7) is 4.68. The second-order valence-electron chi connectivity index (χ2n) is 3.96. The van der Waals surface area contributed by atoms with Crippen molar-refractivity contribution in [3.63, 3.8) is 0 Å². The monoisotopic (exact) mass is 254 g/mol. The minimum Gasteiger partial charge on any atom is -0.477 e. The van der Waals surface area contributed by atoms with E-state index >= 15 is 0 Å². The fraction of sp³-hybridized carbons (Fsp3) is 0.500. The van der Waals surface area contributed by atoms with Crippen LogP contribution >= 0.6 is 0 Å². The van der Waals surface area contributed by atoms with Gasteiger partial charge in [-0.2, -0.15) is 0 Å². The number of carbonyl (C=O) groups excluding carboxylic acids is 1. The number of nitrogens with one attached hydrogen (secondary N) is 2. The largest absolute Gasteiger partial charge is 0.477 e. The Hall–Kier alpha value is -1.82. The molecular formula is C12H18N2O4. The van der Waals surface area contributed by atoms with E-state index in [0.717, 1.165) is 6.42 Å². The average Bonchev–Trinajstić information content (AvgIpc) is 2.66. The standard InChI is InChI=1S/C12H18N2O4/c1-3-5-18-6-4-10(15)14-9-7-8(2)13-11(9)12(16)17/h7,13H,3-6H2,1-2H3,(H,14,15)(H,16,17). The maximum atomic E-state index is 11.6. The van der Waals surface area contributed by atoms with Gasteiger partial charge in [-0.25, -0.2) is 4.79 Å². The number of carboxylic acids is 1. The second-order valence-corrected chi connectivity index (χ2v) is 3.96. The smallest absolute Gasteiger partial charge is 0.354 e. The number of ether oxygens (including phenoxy) is 1. The van der Waals surface area contributed by atoms with Gasteiger partial charge in [0.15, 0.2) is 0 Å². The fourth-order valence-electron chi connectivity index (χ4n) is 1.48. The highest BCUT2D eigenvalue weighted by Gasteiger charge is 2.15.